The third kappa shape index (κ3) is 6.37. The molecule has 0 aliphatic carbocycles. The van der Waals surface area contributed by atoms with Crippen molar-refractivity contribution in [1.29, 1.82) is 5.26 Å². The van der Waals surface area contributed by atoms with Crippen LogP contribution in [0.4, 0.5) is 0 Å². The molecule has 3 nitrogen and oxygen atoms in total. The minimum atomic E-state index is -0.656. The largest absolute Gasteiger partial charge is 0.389 e. The Morgan fingerprint density at radius 2 is 1.95 bits per heavy atom. The molecule has 3 heteroatoms. The summed E-state index contributed by atoms with van der Waals surface area (Å²) in [5.41, 5.74) is 1.14. The Morgan fingerprint density at radius 1 is 1.32 bits per heavy atom. The van der Waals surface area contributed by atoms with Gasteiger partial charge >= 0.3 is 0 Å². The highest BCUT2D eigenvalue weighted by atomic mass is 16.3. The van der Waals surface area contributed by atoms with Gasteiger partial charge in [-0.15, -0.1) is 0 Å². The molecule has 0 aromatic heterocycles. The van der Waals surface area contributed by atoms with E-state index in [1.54, 1.807) is 0 Å². The zero-order valence-electron chi connectivity index (χ0n) is 12.1. The predicted octanol–water partition coefficient (Wildman–Crippen LogP) is 2.84. The fraction of sp³-hybridized carbons (Fsp3) is 0.562. The lowest BCUT2D eigenvalue weighted by atomic mass is 9.95. The van der Waals surface area contributed by atoms with Crippen molar-refractivity contribution in [1.82, 2.24) is 5.32 Å². The van der Waals surface area contributed by atoms with Crippen LogP contribution in [0.1, 0.15) is 44.7 Å². The first-order chi connectivity index (χ1) is 8.93. The van der Waals surface area contributed by atoms with Crippen LogP contribution in [0.3, 0.4) is 0 Å². The maximum Gasteiger partial charge on any atom is 0.0991 e. The van der Waals surface area contributed by atoms with E-state index in [1.807, 2.05) is 31.2 Å². The van der Waals surface area contributed by atoms with Crippen molar-refractivity contribution >= 4 is 0 Å². The van der Waals surface area contributed by atoms with E-state index < -0.39 is 5.60 Å². The molecule has 0 aliphatic rings. The van der Waals surface area contributed by atoms with E-state index in [-0.39, 0.29) is 0 Å². The van der Waals surface area contributed by atoms with Gasteiger partial charge in [0, 0.05) is 13.1 Å². The van der Waals surface area contributed by atoms with Crippen molar-refractivity contribution in [3.63, 3.8) is 0 Å². The number of nitrogens with one attached hydrogen (secondary N) is 1. The SMILES string of the molecule is CC(C)CCC(C)(O)CNCc1ccc(C#N)cc1. The van der Waals surface area contributed by atoms with Gasteiger partial charge in [-0.25, -0.2) is 0 Å². The highest BCUT2D eigenvalue weighted by Crippen LogP contribution is 2.15. The van der Waals surface area contributed by atoms with Gasteiger partial charge in [0.25, 0.3) is 0 Å². The van der Waals surface area contributed by atoms with E-state index >= 15 is 0 Å². The highest BCUT2D eigenvalue weighted by molar-refractivity contribution is 5.31. The van der Waals surface area contributed by atoms with Crippen LogP contribution >= 0.6 is 0 Å². The van der Waals surface area contributed by atoms with Crippen LogP contribution < -0.4 is 5.32 Å². The molecule has 0 heterocycles. The quantitative estimate of drug-likeness (QED) is 0.792. The summed E-state index contributed by atoms with van der Waals surface area (Å²) >= 11 is 0. The standard InChI is InChI=1S/C16H24N2O/c1-13(2)8-9-16(3,19)12-18-11-15-6-4-14(10-17)5-7-15/h4-7,13,18-19H,8-9,11-12H2,1-3H3. The predicted molar refractivity (Wildman–Crippen MR) is 77.6 cm³/mol. The highest BCUT2D eigenvalue weighted by Gasteiger charge is 2.19. The minimum Gasteiger partial charge on any atom is -0.389 e. The Morgan fingerprint density at radius 3 is 2.47 bits per heavy atom. The third-order valence-electron chi connectivity index (χ3n) is 3.18. The molecule has 0 radical (unpaired) electrons. The van der Waals surface area contributed by atoms with Crippen molar-refractivity contribution in [3.8, 4) is 6.07 Å². The summed E-state index contributed by atoms with van der Waals surface area (Å²) in [6.07, 6.45) is 1.84. The zero-order chi connectivity index (χ0) is 14.3. The fourth-order valence-corrected chi connectivity index (χ4v) is 1.86. The van der Waals surface area contributed by atoms with Gasteiger partial charge in [-0.1, -0.05) is 26.0 Å². The molecule has 0 spiro atoms. The number of nitriles is 1. The van der Waals surface area contributed by atoms with E-state index in [1.165, 1.54) is 0 Å². The van der Waals surface area contributed by atoms with Crippen LogP contribution in [0.2, 0.25) is 0 Å². The Balaban J connectivity index is 2.34. The Bertz CT molecular complexity index is 415. The number of rotatable bonds is 7. The van der Waals surface area contributed by atoms with E-state index in [9.17, 15) is 5.11 Å². The molecular weight excluding hydrogens is 236 g/mol. The topological polar surface area (TPSA) is 56.0 Å². The molecule has 104 valence electrons. The van der Waals surface area contributed by atoms with Gasteiger partial charge in [0.15, 0.2) is 0 Å². The monoisotopic (exact) mass is 260 g/mol. The molecular formula is C16H24N2O. The maximum atomic E-state index is 10.2. The van der Waals surface area contributed by atoms with Gasteiger partial charge in [-0.3, -0.25) is 0 Å². The smallest absolute Gasteiger partial charge is 0.0991 e. The van der Waals surface area contributed by atoms with Crippen LogP contribution in [0.15, 0.2) is 24.3 Å². The van der Waals surface area contributed by atoms with Crippen molar-refractivity contribution in [2.24, 2.45) is 5.92 Å². The summed E-state index contributed by atoms with van der Waals surface area (Å²) in [4.78, 5) is 0. The van der Waals surface area contributed by atoms with Gasteiger partial charge in [0.2, 0.25) is 0 Å². The molecule has 19 heavy (non-hydrogen) atoms. The van der Waals surface area contributed by atoms with Gasteiger partial charge in [-0.2, -0.15) is 5.26 Å². The van der Waals surface area contributed by atoms with Crippen LogP contribution in [0, 0.1) is 17.2 Å². The van der Waals surface area contributed by atoms with Gasteiger partial charge in [0.1, 0.15) is 0 Å². The van der Waals surface area contributed by atoms with Crippen molar-refractivity contribution < 1.29 is 5.11 Å². The molecule has 0 aliphatic heterocycles. The summed E-state index contributed by atoms with van der Waals surface area (Å²) in [6, 6.07) is 9.61. The summed E-state index contributed by atoms with van der Waals surface area (Å²) in [5.74, 6) is 0.616. The molecule has 1 aromatic carbocycles. The Labute approximate surface area is 116 Å². The fourth-order valence-electron chi connectivity index (χ4n) is 1.86. The van der Waals surface area contributed by atoms with E-state index in [0.717, 1.165) is 18.4 Å². The van der Waals surface area contributed by atoms with Gasteiger partial charge < -0.3 is 10.4 Å². The number of aliphatic hydroxyl groups is 1. The van der Waals surface area contributed by atoms with E-state index in [4.69, 9.17) is 5.26 Å². The van der Waals surface area contributed by atoms with Crippen molar-refractivity contribution in [2.75, 3.05) is 6.54 Å². The summed E-state index contributed by atoms with van der Waals surface area (Å²) in [6.45, 7) is 7.50. The summed E-state index contributed by atoms with van der Waals surface area (Å²) in [5, 5.41) is 22.2. The average molecular weight is 260 g/mol. The summed E-state index contributed by atoms with van der Waals surface area (Å²) < 4.78 is 0. The number of hydrogen-bond donors (Lipinski definition) is 2. The normalized spacial score (nSPS) is 14.1. The molecule has 0 saturated carbocycles. The zero-order valence-corrected chi connectivity index (χ0v) is 12.1. The van der Waals surface area contributed by atoms with Gasteiger partial charge in [0.05, 0.1) is 17.2 Å². The van der Waals surface area contributed by atoms with Crippen LogP contribution in [0.25, 0.3) is 0 Å². The second kappa shape index (κ2) is 7.28. The first kappa shape index (κ1) is 15.7. The first-order valence-corrected chi connectivity index (χ1v) is 6.85. The second-order valence-corrected chi connectivity index (χ2v) is 5.84. The molecule has 1 unspecified atom stereocenters. The van der Waals surface area contributed by atoms with Crippen LogP contribution in [0.5, 0.6) is 0 Å². The van der Waals surface area contributed by atoms with Gasteiger partial charge in [-0.05, 0) is 43.4 Å². The van der Waals surface area contributed by atoms with E-state index in [2.05, 4.69) is 25.2 Å². The Kier molecular flexibility index (Phi) is 6.01. The van der Waals surface area contributed by atoms with Crippen LogP contribution in [-0.2, 0) is 6.54 Å². The molecule has 0 amide bonds. The summed E-state index contributed by atoms with van der Waals surface area (Å²) in [7, 11) is 0. The molecule has 2 N–H and O–H groups in total. The molecule has 1 rings (SSSR count). The molecule has 0 bridgehead atoms. The van der Waals surface area contributed by atoms with Crippen LogP contribution in [-0.4, -0.2) is 17.3 Å². The second-order valence-electron chi connectivity index (χ2n) is 5.84. The third-order valence-corrected chi connectivity index (χ3v) is 3.18. The van der Waals surface area contributed by atoms with E-state index in [0.29, 0.717) is 24.6 Å². The minimum absolute atomic E-state index is 0.583. The first-order valence-electron chi connectivity index (χ1n) is 6.85. The lowest BCUT2D eigenvalue weighted by Gasteiger charge is -2.24. The number of hydrogen-bond acceptors (Lipinski definition) is 3. The molecule has 0 saturated heterocycles. The Hall–Kier alpha value is -1.37. The molecule has 1 atom stereocenters. The van der Waals surface area contributed by atoms with Crippen molar-refractivity contribution in [3.05, 3.63) is 35.4 Å². The van der Waals surface area contributed by atoms with Crippen molar-refractivity contribution in [2.45, 2.75) is 45.8 Å². The lowest BCUT2D eigenvalue weighted by Crippen LogP contribution is -2.37. The molecule has 0 fully saturated rings. The average Bonchev–Trinajstić information content (AvgIpc) is 2.37. The molecule has 1 aromatic rings. The number of nitrogens with zero attached hydrogens (tertiary/aromatic N) is 1. The maximum absolute atomic E-state index is 10.2. The number of benzene rings is 1. The lowest BCUT2D eigenvalue weighted by molar-refractivity contribution is 0.0451.